The Morgan fingerprint density at radius 1 is 0.880 bits per heavy atom. The Bertz CT molecular complexity index is 885. The predicted molar refractivity (Wildman–Crippen MR) is 94.9 cm³/mol. The molecule has 1 fully saturated rings. The first-order chi connectivity index (χ1) is 12.1. The molecule has 4 nitrogen and oxygen atoms in total. The van der Waals surface area contributed by atoms with Gasteiger partial charge in [-0.1, -0.05) is 42.5 Å². The van der Waals surface area contributed by atoms with E-state index in [1.165, 1.54) is 11.1 Å². The average molecular weight is 352 g/mol. The first-order valence-electron chi connectivity index (χ1n) is 8.67. The fourth-order valence-corrected chi connectivity index (χ4v) is 5.99. The largest absolute Gasteiger partial charge is 0.272 e. The third kappa shape index (κ3) is 2.71. The van der Waals surface area contributed by atoms with E-state index >= 15 is 0 Å². The van der Waals surface area contributed by atoms with Crippen LogP contribution in [0.25, 0.3) is 0 Å². The summed E-state index contributed by atoms with van der Waals surface area (Å²) in [6.45, 7) is 0. The molecule has 0 amide bonds. The minimum Gasteiger partial charge on any atom is -0.200 e. The number of benzene rings is 2. The fraction of sp³-hybridized carbons (Fsp3) is 0.350. The summed E-state index contributed by atoms with van der Waals surface area (Å²) in [5.74, 6) is 0.401. The minimum absolute atomic E-state index is 0.192. The van der Waals surface area contributed by atoms with Crippen molar-refractivity contribution in [1.29, 1.82) is 5.26 Å². The number of nitriles is 1. The SMILES string of the molecule is N#CN(C1C2CCC1Cc1ccccc1C2)S(=O)(=O)c1ccccc1. The topological polar surface area (TPSA) is 61.2 Å². The van der Waals surface area contributed by atoms with Crippen molar-refractivity contribution in [2.75, 3.05) is 0 Å². The van der Waals surface area contributed by atoms with Gasteiger partial charge in [0.2, 0.25) is 0 Å². The lowest BCUT2D eigenvalue weighted by molar-refractivity contribution is 0.278. The van der Waals surface area contributed by atoms with Crippen LogP contribution >= 0.6 is 0 Å². The van der Waals surface area contributed by atoms with Gasteiger partial charge in [-0.05, 0) is 60.8 Å². The van der Waals surface area contributed by atoms with Gasteiger partial charge in [0.1, 0.15) is 0 Å². The fourth-order valence-electron chi connectivity index (χ4n) is 4.49. The molecule has 2 aliphatic rings. The first kappa shape index (κ1) is 16.2. The summed E-state index contributed by atoms with van der Waals surface area (Å²) in [5, 5.41) is 9.74. The van der Waals surface area contributed by atoms with E-state index in [-0.39, 0.29) is 22.8 Å². The van der Waals surface area contributed by atoms with Crippen LogP contribution in [0.3, 0.4) is 0 Å². The van der Waals surface area contributed by atoms with Crippen LogP contribution in [-0.2, 0) is 22.9 Å². The third-order valence-electron chi connectivity index (χ3n) is 5.63. The Morgan fingerprint density at radius 3 is 1.92 bits per heavy atom. The van der Waals surface area contributed by atoms with Gasteiger partial charge in [0.15, 0.2) is 6.19 Å². The Kier molecular flexibility index (Phi) is 4.01. The molecule has 0 saturated heterocycles. The lowest BCUT2D eigenvalue weighted by Crippen LogP contribution is -2.43. The number of hydrogen-bond acceptors (Lipinski definition) is 3. The van der Waals surface area contributed by atoms with Gasteiger partial charge in [-0.3, -0.25) is 0 Å². The van der Waals surface area contributed by atoms with Crippen LogP contribution in [0, 0.1) is 23.3 Å². The molecule has 2 atom stereocenters. The van der Waals surface area contributed by atoms with Gasteiger partial charge in [0.25, 0.3) is 10.0 Å². The highest BCUT2D eigenvalue weighted by Crippen LogP contribution is 2.43. The van der Waals surface area contributed by atoms with Gasteiger partial charge in [0.05, 0.1) is 10.9 Å². The molecule has 2 aromatic carbocycles. The summed E-state index contributed by atoms with van der Waals surface area (Å²) in [7, 11) is -3.81. The summed E-state index contributed by atoms with van der Waals surface area (Å²) in [5.41, 5.74) is 2.60. The number of rotatable bonds is 3. The molecule has 2 aliphatic carbocycles. The van der Waals surface area contributed by atoms with E-state index in [0.29, 0.717) is 0 Å². The van der Waals surface area contributed by atoms with E-state index in [2.05, 4.69) is 12.1 Å². The molecule has 5 heteroatoms. The molecule has 0 radical (unpaired) electrons. The van der Waals surface area contributed by atoms with Crippen LogP contribution in [0.4, 0.5) is 0 Å². The van der Waals surface area contributed by atoms with Crippen LogP contribution in [0.5, 0.6) is 0 Å². The Morgan fingerprint density at radius 2 is 1.40 bits per heavy atom. The normalized spacial score (nSPS) is 24.8. The van der Waals surface area contributed by atoms with Crippen LogP contribution in [-0.4, -0.2) is 18.8 Å². The van der Waals surface area contributed by atoms with E-state index < -0.39 is 10.0 Å². The van der Waals surface area contributed by atoms with Crippen LogP contribution in [0.1, 0.15) is 24.0 Å². The molecule has 25 heavy (non-hydrogen) atoms. The van der Waals surface area contributed by atoms with Crippen molar-refractivity contribution in [3.05, 3.63) is 65.7 Å². The van der Waals surface area contributed by atoms with Gasteiger partial charge >= 0.3 is 0 Å². The molecule has 0 heterocycles. The van der Waals surface area contributed by atoms with Crippen LogP contribution < -0.4 is 0 Å². The lowest BCUT2D eigenvalue weighted by Gasteiger charge is -2.30. The molecule has 2 bridgehead atoms. The second-order valence-corrected chi connectivity index (χ2v) is 8.79. The smallest absolute Gasteiger partial charge is 0.200 e. The molecule has 2 unspecified atom stereocenters. The highest BCUT2D eigenvalue weighted by atomic mass is 32.2. The molecular weight excluding hydrogens is 332 g/mol. The highest BCUT2D eigenvalue weighted by Gasteiger charge is 2.46. The quantitative estimate of drug-likeness (QED) is 0.629. The van der Waals surface area contributed by atoms with E-state index in [1.54, 1.807) is 30.3 Å². The summed E-state index contributed by atoms with van der Waals surface area (Å²) in [6, 6.07) is 16.4. The molecule has 0 spiro atoms. The van der Waals surface area contributed by atoms with E-state index in [9.17, 15) is 13.7 Å². The van der Waals surface area contributed by atoms with Crippen molar-refractivity contribution in [1.82, 2.24) is 4.31 Å². The molecular formula is C20H20N2O2S. The maximum Gasteiger partial charge on any atom is 0.272 e. The predicted octanol–water partition coefficient (Wildman–Crippen LogP) is 3.35. The van der Waals surface area contributed by atoms with Crippen molar-refractivity contribution >= 4 is 10.0 Å². The zero-order chi connectivity index (χ0) is 17.4. The number of sulfonamides is 1. The highest BCUT2D eigenvalue weighted by molar-refractivity contribution is 7.89. The molecule has 0 aliphatic heterocycles. The molecule has 0 aromatic heterocycles. The summed E-state index contributed by atoms with van der Waals surface area (Å²) in [6.07, 6.45) is 5.66. The third-order valence-corrected chi connectivity index (χ3v) is 7.34. The first-order valence-corrected chi connectivity index (χ1v) is 10.1. The maximum absolute atomic E-state index is 13.1. The average Bonchev–Trinajstić information content (AvgIpc) is 2.91. The van der Waals surface area contributed by atoms with Crippen molar-refractivity contribution in [3.8, 4) is 6.19 Å². The standard InChI is InChI=1S/C20H20N2O2S/c21-14-22(25(23,24)19-8-2-1-3-9-19)20-17-10-11-18(20)13-16-7-5-4-6-15(16)12-17/h1-9,17-18,20H,10-13H2. The number of nitrogens with zero attached hydrogens (tertiary/aromatic N) is 2. The van der Waals surface area contributed by atoms with Gasteiger partial charge in [-0.2, -0.15) is 9.57 Å². The monoisotopic (exact) mass is 352 g/mol. The van der Waals surface area contributed by atoms with Gasteiger partial charge in [-0.25, -0.2) is 8.42 Å². The molecule has 2 aromatic rings. The zero-order valence-corrected chi connectivity index (χ0v) is 14.7. The number of fused-ring (bicyclic) bond motifs is 3. The lowest BCUT2D eigenvalue weighted by atomic mass is 9.94. The Balaban J connectivity index is 1.73. The van der Waals surface area contributed by atoms with E-state index in [4.69, 9.17) is 0 Å². The second kappa shape index (κ2) is 6.20. The Hall–Kier alpha value is -2.32. The molecule has 128 valence electrons. The molecule has 0 N–H and O–H groups in total. The van der Waals surface area contributed by atoms with Gasteiger partial charge in [0, 0.05) is 0 Å². The summed E-state index contributed by atoms with van der Waals surface area (Å²) in [4.78, 5) is 0.192. The van der Waals surface area contributed by atoms with Crippen LogP contribution in [0.2, 0.25) is 0 Å². The van der Waals surface area contributed by atoms with Crippen molar-refractivity contribution in [2.24, 2.45) is 11.8 Å². The zero-order valence-electron chi connectivity index (χ0n) is 13.9. The van der Waals surface area contributed by atoms with Gasteiger partial charge in [-0.15, -0.1) is 0 Å². The summed E-state index contributed by atoms with van der Waals surface area (Å²) < 4.78 is 27.2. The van der Waals surface area contributed by atoms with E-state index in [0.717, 1.165) is 30.0 Å². The number of hydrogen-bond donors (Lipinski definition) is 0. The minimum atomic E-state index is -3.81. The van der Waals surface area contributed by atoms with Crippen molar-refractivity contribution in [2.45, 2.75) is 36.6 Å². The maximum atomic E-state index is 13.1. The van der Waals surface area contributed by atoms with Gasteiger partial charge < -0.3 is 0 Å². The van der Waals surface area contributed by atoms with Crippen molar-refractivity contribution in [3.63, 3.8) is 0 Å². The van der Waals surface area contributed by atoms with E-state index in [1.807, 2.05) is 18.3 Å². The molecule has 4 rings (SSSR count). The van der Waals surface area contributed by atoms with Crippen LogP contribution in [0.15, 0.2) is 59.5 Å². The second-order valence-electron chi connectivity index (χ2n) is 6.98. The molecule has 1 saturated carbocycles. The van der Waals surface area contributed by atoms with Crippen molar-refractivity contribution < 1.29 is 8.42 Å². The Labute approximate surface area is 148 Å². The summed E-state index contributed by atoms with van der Waals surface area (Å²) >= 11 is 0.